The Balaban J connectivity index is 2.09. The van der Waals surface area contributed by atoms with E-state index in [1.807, 2.05) is 37.3 Å². The van der Waals surface area contributed by atoms with Gasteiger partial charge in [-0.15, -0.1) is 0 Å². The van der Waals surface area contributed by atoms with Gasteiger partial charge in [0.1, 0.15) is 0 Å². The number of carbonyl (C=O) groups is 1. The molecule has 0 fully saturated rings. The molecule has 1 aromatic carbocycles. The lowest BCUT2D eigenvalue weighted by Crippen LogP contribution is -1.94. The standard InChI is InChI=1S/C16H13N3O/c1-11-8-18-16(12-5-3-2-4-6-12)19-15(11)13-7-14(10-20)17-9-13/h2-10,17H,1H3. The smallest absolute Gasteiger partial charge is 0.166 e. The summed E-state index contributed by atoms with van der Waals surface area (Å²) in [5.74, 6) is 0.681. The van der Waals surface area contributed by atoms with E-state index in [0.29, 0.717) is 11.5 Å². The van der Waals surface area contributed by atoms with Gasteiger partial charge in [-0.2, -0.15) is 0 Å². The zero-order valence-corrected chi connectivity index (χ0v) is 11.0. The van der Waals surface area contributed by atoms with Crippen molar-refractivity contribution in [1.29, 1.82) is 0 Å². The van der Waals surface area contributed by atoms with Crippen molar-refractivity contribution in [2.75, 3.05) is 0 Å². The summed E-state index contributed by atoms with van der Waals surface area (Å²) in [5.41, 5.74) is 4.22. The van der Waals surface area contributed by atoms with E-state index < -0.39 is 0 Å². The molecule has 3 rings (SSSR count). The van der Waals surface area contributed by atoms with Gasteiger partial charge in [0.15, 0.2) is 12.1 Å². The van der Waals surface area contributed by atoms with Crippen molar-refractivity contribution < 1.29 is 4.79 Å². The number of H-pyrrole nitrogens is 1. The van der Waals surface area contributed by atoms with Crippen molar-refractivity contribution in [3.05, 3.63) is 60.0 Å². The Hall–Kier alpha value is -2.75. The zero-order chi connectivity index (χ0) is 13.9. The molecule has 0 aliphatic carbocycles. The molecule has 0 bridgehead atoms. The fourth-order valence-electron chi connectivity index (χ4n) is 2.08. The highest BCUT2D eigenvalue weighted by Gasteiger charge is 2.09. The lowest BCUT2D eigenvalue weighted by Gasteiger charge is -2.05. The van der Waals surface area contributed by atoms with Crippen molar-refractivity contribution in [3.8, 4) is 22.6 Å². The first-order chi connectivity index (χ1) is 9.78. The molecule has 0 amide bonds. The van der Waals surface area contributed by atoms with Crippen LogP contribution in [0.2, 0.25) is 0 Å². The third kappa shape index (κ3) is 2.23. The van der Waals surface area contributed by atoms with Crippen LogP contribution in [0.3, 0.4) is 0 Å². The number of nitrogens with zero attached hydrogens (tertiary/aromatic N) is 2. The number of carbonyl (C=O) groups excluding carboxylic acids is 1. The fourth-order valence-corrected chi connectivity index (χ4v) is 2.08. The monoisotopic (exact) mass is 263 g/mol. The summed E-state index contributed by atoms with van der Waals surface area (Å²) < 4.78 is 0. The summed E-state index contributed by atoms with van der Waals surface area (Å²) in [6.07, 6.45) is 4.38. The Morgan fingerprint density at radius 3 is 2.65 bits per heavy atom. The van der Waals surface area contributed by atoms with Gasteiger partial charge in [-0.25, -0.2) is 9.97 Å². The molecule has 0 unspecified atom stereocenters. The molecule has 3 aromatic rings. The maximum atomic E-state index is 10.8. The first-order valence-corrected chi connectivity index (χ1v) is 6.31. The van der Waals surface area contributed by atoms with Crippen LogP contribution in [0.1, 0.15) is 16.1 Å². The van der Waals surface area contributed by atoms with Gasteiger partial charge in [-0.05, 0) is 18.6 Å². The summed E-state index contributed by atoms with van der Waals surface area (Å²) in [4.78, 5) is 22.7. The molecule has 0 atom stereocenters. The third-order valence-corrected chi connectivity index (χ3v) is 3.11. The topological polar surface area (TPSA) is 58.6 Å². The summed E-state index contributed by atoms with van der Waals surface area (Å²) in [6, 6.07) is 11.6. The normalized spacial score (nSPS) is 10.4. The van der Waals surface area contributed by atoms with Crippen molar-refractivity contribution in [2.45, 2.75) is 6.92 Å². The molecular formula is C16H13N3O. The number of hydrogen-bond acceptors (Lipinski definition) is 3. The van der Waals surface area contributed by atoms with Gasteiger partial charge >= 0.3 is 0 Å². The Morgan fingerprint density at radius 2 is 1.95 bits per heavy atom. The molecule has 2 aromatic heterocycles. The lowest BCUT2D eigenvalue weighted by atomic mass is 10.1. The highest BCUT2D eigenvalue weighted by Crippen LogP contribution is 2.24. The molecule has 0 radical (unpaired) electrons. The predicted octanol–water partition coefficient (Wildman–Crippen LogP) is 3.26. The molecule has 0 saturated carbocycles. The van der Waals surface area contributed by atoms with Gasteiger partial charge in [-0.3, -0.25) is 4.79 Å². The van der Waals surface area contributed by atoms with E-state index in [0.717, 1.165) is 28.7 Å². The van der Waals surface area contributed by atoms with E-state index in [2.05, 4.69) is 15.0 Å². The highest BCUT2D eigenvalue weighted by molar-refractivity contribution is 5.77. The van der Waals surface area contributed by atoms with E-state index >= 15 is 0 Å². The van der Waals surface area contributed by atoms with Crippen LogP contribution in [0.5, 0.6) is 0 Å². The van der Waals surface area contributed by atoms with Gasteiger partial charge in [0.25, 0.3) is 0 Å². The molecule has 1 N–H and O–H groups in total. The maximum absolute atomic E-state index is 10.8. The number of aromatic amines is 1. The van der Waals surface area contributed by atoms with Gasteiger partial charge in [0.2, 0.25) is 0 Å². The van der Waals surface area contributed by atoms with Crippen LogP contribution in [0.4, 0.5) is 0 Å². The van der Waals surface area contributed by atoms with Crippen molar-refractivity contribution in [1.82, 2.24) is 15.0 Å². The number of hydrogen-bond donors (Lipinski definition) is 1. The quantitative estimate of drug-likeness (QED) is 0.738. The molecule has 0 saturated heterocycles. The van der Waals surface area contributed by atoms with Crippen LogP contribution in [-0.2, 0) is 0 Å². The third-order valence-electron chi connectivity index (χ3n) is 3.11. The summed E-state index contributed by atoms with van der Waals surface area (Å²) in [6.45, 7) is 1.96. The van der Waals surface area contributed by atoms with Gasteiger partial charge in [-0.1, -0.05) is 30.3 Å². The second-order valence-electron chi connectivity index (χ2n) is 4.55. The van der Waals surface area contributed by atoms with Crippen molar-refractivity contribution >= 4 is 6.29 Å². The Labute approximate surface area is 116 Å². The average Bonchev–Trinajstić information content (AvgIpc) is 2.97. The lowest BCUT2D eigenvalue weighted by molar-refractivity contribution is 0.111. The molecule has 2 heterocycles. The summed E-state index contributed by atoms with van der Waals surface area (Å²) >= 11 is 0. The number of benzene rings is 1. The van der Waals surface area contributed by atoms with Crippen LogP contribution in [0.15, 0.2) is 48.8 Å². The Kier molecular flexibility index (Phi) is 3.13. The number of rotatable bonds is 3. The van der Waals surface area contributed by atoms with Crippen LogP contribution in [-0.4, -0.2) is 21.2 Å². The molecule has 98 valence electrons. The predicted molar refractivity (Wildman–Crippen MR) is 77.4 cm³/mol. The van der Waals surface area contributed by atoms with Crippen LogP contribution in [0, 0.1) is 6.92 Å². The molecule has 20 heavy (non-hydrogen) atoms. The van der Waals surface area contributed by atoms with Crippen LogP contribution < -0.4 is 0 Å². The SMILES string of the molecule is Cc1cnc(-c2ccccc2)nc1-c1c[nH]c(C=O)c1. The number of aromatic nitrogens is 3. The number of aryl methyl sites for hydroxylation is 1. The van der Waals surface area contributed by atoms with Crippen molar-refractivity contribution in [2.24, 2.45) is 0 Å². The average molecular weight is 263 g/mol. The molecule has 4 heteroatoms. The van der Waals surface area contributed by atoms with E-state index in [-0.39, 0.29) is 0 Å². The second kappa shape index (κ2) is 5.09. The minimum atomic E-state index is 0.541. The van der Waals surface area contributed by atoms with E-state index in [9.17, 15) is 4.79 Å². The van der Waals surface area contributed by atoms with E-state index in [4.69, 9.17) is 0 Å². The number of nitrogens with one attached hydrogen (secondary N) is 1. The van der Waals surface area contributed by atoms with E-state index in [1.165, 1.54) is 0 Å². The van der Waals surface area contributed by atoms with Gasteiger partial charge in [0, 0.05) is 23.5 Å². The highest BCUT2D eigenvalue weighted by atomic mass is 16.1. The minimum absolute atomic E-state index is 0.541. The zero-order valence-electron chi connectivity index (χ0n) is 11.0. The van der Waals surface area contributed by atoms with Crippen molar-refractivity contribution in [3.63, 3.8) is 0 Å². The number of aldehydes is 1. The summed E-state index contributed by atoms with van der Waals surface area (Å²) in [5, 5.41) is 0. The maximum Gasteiger partial charge on any atom is 0.166 e. The van der Waals surface area contributed by atoms with Gasteiger partial charge in [0.05, 0.1) is 11.4 Å². The first kappa shape index (κ1) is 12.3. The largest absolute Gasteiger partial charge is 0.358 e. The molecule has 0 aliphatic rings. The van der Waals surface area contributed by atoms with Crippen LogP contribution >= 0.6 is 0 Å². The molecule has 4 nitrogen and oxygen atoms in total. The van der Waals surface area contributed by atoms with Gasteiger partial charge < -0.3 is 4.98 Å². The van der Waals surface area contributed by atoms with E-state index in [1.54, 1.807) is 18.5 Å². The molecule has 0 aliphatic heterocycles. The fraction of sp³-hybridized carbons (Fsp3) is 0.0625. The Bertz CT molecular complexity index is 747. The molecular weight excluding hydrogens is 250 g/mol. The second-order valence-corrected chi connectivity index (χ2v) is 4.55. The Morgan fingerprint density at radius 1 is 1.15 bits per heavy atom. The minimum Gasteiger partial charge on any atom is -0.358 e. The summed E-state index contributed by atoms with van der Waals surface area (Å²) in [7, 11) is 0. The van der Waals surface area contributed by atoms with Crippen LogP contribution in [0.25, 0.3) is 22.6 Å². The molecule has 0 spiro atoms. The first-order valence-electron chi connectivity index (χ1n) is 6.31.